The van der Waals surface area contributed by atoms with Crippen molar-refractivity contribution >= 4 is 5.91 Å². The minimum Gasteiger partial charge on any atom is -0.352 e. The van der Waals surface area contributed by atoms with Gasteiger partial charge in [0, 0.05) is 13.0 Å². The molecular formula is C19H26N4O2. The van der Waals surface area contributed by atoms with E-state index in [1.54, 1.807) is 6.92 Å². The number of rotatable bonds is 6. The van der Waals surface area contributed by atoms with Crippen molar-refractivity contribution in [1.29, 1.82) is 0 Å². The third-order valence-corrected chi connectivity index (χ3v) is 4.75. The van der Waals surface area contributed by atoms with E-state index < -0.39 is 0 Å². The van der Waals surface area contributed by atoms with Crippen LogP contribution in [0.1, 0.15) is 48.6 Å². The Morgan fingerprint density at radius 3 is 2.92 bits per heavy atom. The van der Waals surface area contributed by atoms with Crippen molar-refractivity contribution < 1.29 is 9.32 Å². The standard InChI is InChI=1S/C19H26N4O2/c1-13-7-4-5-8-16(13)11-14(2)20-18(24)12-23-10-6-9-17(23)19-21-15(3)25-22-19/h4-5,7-8,14,17H,6,9-12H2,1-3H3,(H,20,24)/t14-,17-/m0/s1. The van der Waals surface area contributed by atoms with E-state index in [4.69, 9.17) is 4.52 Å². The summed E-state index contributed by atoms with van der Waals surface area (Å²) in [6.07, 6.45) is 2.85. The summed E-state index contributed by atoms with van der Waals surface area (Å²) < 4.78 is 5.08. The molecule has 134 valence electrons. The van der Waals surface area contributed by atoms with E-state index in [2.05, 4.69) is 39.4 Å². The van der Waals surface area contributed by atoms with Crippen molar-refractivity contribution in [2.24, 2.45) is 0 Å². The van der Waals surface area contributed by atoms with Crippen LogP contribution in [-0.4, -0.2) is 40.1 Å². The number of aromatic nitrogens is 2. The predicted octanol–water partition coefficient (Wildman–Crippen LogP) is 2.57. The molecule has 2 aromatic rings. The zero-order valence-corrected chi connectivity index (χ0v) is 15.2. The number of carbonyl (C=O) groups is 1. The van der Waals surface area contributed by atoms with Gasteiger partial charge in [-0.15, -0.1) is 0 Å². The van der Waals surface area contributed by atoms with E-state index in [-0.39, 0.29) is 18.0 Å². The minimum atomic E-state index is 0.0493. The van der Waals surface area contributed by atoms with E-state index in [1.807, 2.05) is 19.1 Å². The zero-order valence-electron chi connectivity index (χ0n) is 15.2. The molecule has 1 aromatic heterocycles. The molecule has 1 aromatic carbocycles. The molecule has 0 saturated carbocycles. The minimum absolute atomic E-state index is 0.0493. The fourth-order valence-electron chi connectivity index (χ4n) is 3.48. The molecule has 2 atom stereocenters. The predicted molar refractivity (Wildman–Crippen MR) is 95.1 cm³/mol. The van der Waals surface area contributed by atoms with Gasteiger partial charge in [-0.2, -0.15) is 4.98 Å². The van der Waals surface area contributed by atoms with Gasteiger partial charge >= 0.3 is 0 Å². The molecule has 2 heterocycles. The highest BCUT2D eigenvalue weighted by atomic mass is 16.5. The second-order valence-electron chi connectivity index (χ2n) is 6.90. The van der Waals surface area contributed by atoms with Crippen LogP contribution in [0.4, 0.5) is 0 Å². The summed E-state index contributed by atoms with van der Waals surface area (Å²) >= 11 is 0. The largest absolute Gasteiger partial charge is 0.352 e. The van der Waals surface area contributed by atoms with Crippen LogP contribution in [0.5, 0.6) is 0 Å². The van der Waals surface area contributed by atoms with Crippen molar-refractivity contribution in [2.75, 3.05) is 13.1 Å². The van der Waals surface area contributed by atoms with Crippen molar-refractivity contribution in [3.63, 3.8) is 0 Å². The highest BCUT2D eigenvalue weighted by molar-refractivity contribution is 5.78. The number of hydrogen-bond donors (Lipinski definition) is 1. The van der Waals surface area contributed by atoms with Crippen molar-refractivity contribution in [1.82, 2.24) is 20.4 Å². The molecule has 1 aliphatic heterocycles. The van der Waals surface area contributed by atoms with Crippen LogP contribution in [0.2, 0.25) is 0 Å². The van der Waals surface area contributed by atoms with E-state index in [0.717, 1.165) is 25.8 Å². The van der Waals surface area contributed by atoms with Crippen molar-refractivity contribution in [2.45, 2.75) is 52.1 Å². The lowest BCUT2D eigenvalue weighted by atomic mass is 10.0. The van der Waals surface area contributed by atoms with Gasteiger partial charge in [0.2, 0.25) is 11.8 Å². The number of hydrogen-bond acceptors (Lipinski definition) is 5. The van der Waals surface area contributed by atoms with E-state index in [9.17, 15) is 4.79 Å². The Kier molecular flexibility index (Phi) is 5.48. The SMILES string of the molecule is Cc1nc([C@@H]2CCCN2CC(=O)N[C@@H](C)Cc2ccccc2C)no1. The molecule has 1 amide bonds. The molecule has 0 bridgehead atoms. The maximum Gasteiger partial charge on any atom is 0.234 e. The van der Waals surface area contributed by atoms with E-state index in [0.29, 0.717) is 18.3 Å². The Hall–Kier alpha value is -2.21. The lowest BCUT2D eigenvalue weighted by Crippen LogP contribution is -2.41. The van der Waals surface area contributed by atoms with Crippen LogP contribution < -0.4 is 5.32 Å². The number of aryl methyl sites for hydroxylation is 2. The third kappa shape index (κ3) is 4.45. The first-order chi connectivity index (χ1) is 12.0. The van der Waals surface area contributed by atoms with Crippen LogP contribution in [0.15, 0.2) is 28.8 Å². The van der Waals surface area contributed by atoms with E-state index in [1.165, 1.54) is 11.1 Å². The van der Waals surface area contributed by atoms with Gasteiger partial charge in [-0.05, 0) is 50.8 Å². The normalized spacial score (nSPS) is 19.1. The lowest BCUT2D eigenvalue weighted by Gasteiger charge is -2.22. The first kappa shape index (κ1) is 17.6. The summed E-state index contributed by atoms with van der Waals surface area (Å²) in [6, 6.07) is 8.48. The molecular weight excluding hydrogens is 316 g/mol. The van der Waals surface area contributed by atoms with Gasteiger partial charge in [0.1, 0.15) is 0 Å². The van der Waals surface area contributed by atoms with E-state index >= 15 is 0 Å². The van der Waals surface area contributed by atoms with Gasteiger partial charge in [-0.25, -0.2) is 0 Å². The second kappa shape index (κ2) is 7.78. The molecule has 1 fully saturated rings. The maximum atomic E-state index is 12.4. The molecule has 0 unspecified atom stereocenters. The van der Waals surface area contributed by atoms with Crippen LogP contribution in [0.25, 0.3) is 0 Å². The molecule has 0 aliphatic carbocycles. The summed E-state index contributed by atoms with van der Waals surface area (Å²) in [7, 11) is 0. The number of nitrogens with zero attached hydrogens (tertiary/aromatic N) is 3. The Labute approximate surface area is 148 Å². The number of nitrogens with one attached hydrogen (secondary N) is 1. The fourth-order valence-corrected chi connectivity index (χ4v) is 3.48. The van der Waals surface area contributed by atoms with Gasteiger partial charge in [0.05, 0.1) is 12.6 Å². The molecule has 3 rings (SSSR count). The Balaban J connectivity index is 1.54. The molecule has 6 nitrogen and oxygen atoms in total. The molecule has 0 radical (unpaired) electrons. The van der Waals surface area contributed by atoms with Crippen molar-refractivity contribution in [3.8, 4) is 0 Å². The average Bonchev–Trinajstić information content (AvgIpc) is 3.18. The summed E-state index contributed by atoms with van der Waals surface area (Å²) in [6.45, 7) is 7.20. The molecule has 1 N–H and O–H groups in total. The van der Waals surface area contributed by atoms with Gasteiger partial charge in [-0.1, -0.05) is 29.4 Å². The van der Waals surface area contributed by atoms with Crippen LogP contribution in [-0.2, 0) is 11.2 Å². The Bertz CT molecular complexity index is 728. The van der Waals surface area contributed by atoms with Gasteiger partial charge < -0.3 is 9.84 Å². The molecule has 0 spiro atoms. The summed E-state index contributed by atoms with van der Waals surface area (Å²) in [4.78, 5) is 18.9. The lowest BCUT2D eigenvalue weighted by molar-refractivity contribution is -0.123. The van der Waals surface area contributed by atoms with Crippen LogP contribution in [0, 0.1) is 13.8 Å². The summed E-state index contributed by atoms with van der Waals surface area (Å²) in [5, 5.41) is 7.14. The van der Waals surface area contributed by atoms with Gasteiger partial charge in [0.15, 0.2) is 5.82 Å². The number of likely N-dealkylation sites (tertiary alicyclic amines) is 1. The molecule has 1 aliphatic rings. The Morgan fingerprint density at radius 1 is 1.40 bits per heavy atom. The van der Waals surface area contributed by atoms with Crippen LogP contribution in [0.3, 0.4) is 0 Å². The monoisotopic (exact) mass is 342 g/mol. The highest BCUT2D eigenvalue weighted by Gasteiger charge is 2.31. The zero-order chi connectivity index (χ0) is 17.8. The highest BCUT2D eigenvalue weighted by Crippen LogP contribution is 2.29. The Morgan fingerprint density at radius 2 is 2.20 bits per heavy atom. The molecule has 25 heavy (non-hydrogen) atoms. The third-order valence-electron chi connectivity index (χ3n) is 4.75. The molecule has 1 saturated heterocycles. The fraction of sp³-hybridized carbons (Fsp3) is 0.526. The first-order valence-electron chi connectivity index (χ1n) is 8.91. The first-order valence-corrected chi connectivity index (χ1v) is 8.91. The summed E-state index contributed by atoms with van der Waals surface area (Å²) in [5.41, 5.74) is 2.53. The number of carbonyl (C=O) groups excluding carboxylic acids is 1. The van der Waals surface area contributed by atoms with Crippen LogP contribution >= 0.6 is 0 Å². The smallest absolute Gasteiger partial charge is 0.234 e. The van der Waals surface area contributed by atoms with Gasteiger partial charge in [-0.3, -0.25) is 9.69 Å². The molecule has 6 heteroatoms. The van der Waals surface area contributed by atoms with Crippen molar-refractivity contribution in [3.05, 3.63) is 47.1 Å². The maximum absolute atomic E-state index is 12.4. The van der Waals surface area contributed by atoms with Gasteiger partial charge in [0.25, 0.3) is 0 Å². The quantitative estimate of drug-likeness (QED) is 0.873. The second-order valence-corrected chi connectivity index (χ2v) is 6.90. The number of amides is 1. The number of benzene rings is 1. The topological polar surface area (TPSA) is 71.3 Å². The average molecular weight is 342 g/mol. The summed E-state index contributed by atoms with van der Waals surface area (Å²) in [5.74, 6) is 1.31.